The first kappa shape index (κ1) is 11.4. The van der Waals surface area contributed by atoms with E-state index in [1.807, 2.05) is 30.3 Å². The molecule has 0 spiro atoms. The van der Waals surface area contributed by atoms with Gasteiger partial charge in [0.1, 0.15) is 5.69 Å². The highest BCUT2D eigenvalue weighted by molar-refractivity contribution is 5.94. The molecule has 5 heteroatoms. The first-order valence-corrected chi connectivity index (χ1v) is 5.77. The minimum Gasteiger partial charge on any atom is -0.490 e. The van der Waals surface area contributed by atoms with Crippen LogP contribution in [0.2, 0.25) is 0 Å². The van der Waals surface area contributed by atoms with E-state index in [1.165, 1.54) is 13.4 Å². The van der Waals surface area contributed by atoms with Crippen molar-refractivity contribution in [3.63, 3.8) is 0 Å². The summed E-state index contributed by atoms with van der Waals surface area (Å²) in [6.45, 7) is 0. The van der Waals surface area contributed by atoms with E-state index in [9.17, 15) is 4.79 Å². The van der Waals surface area contributed by atoms with Crippen molar-refractivity contribution in [2.24, 2.45) is 0 Å². The molecule has 0 aliphatic carbocycles. The van der Waals surface area contributed by atoms with Crippen LogP contribution in [0.15, 0.2) is 47.7 Å². The van der Waals surface area contributed by atoms with Gasteiger partial charge in [-0.15, -0.1) is 0 Å². The van der Waals surface area contributed by atoms with Crippen LogP contribution in [0.25, 0.3) is 22.2 Å². The van der Waals surface area contributed by atoms with Gasteiger partial charge in [0, 0.05) is 17.1 Å². The van der Waals surface area contributed by atoms with Crippen molar-refractivity contribution in [1.29, 1.82) is 0 Å². The second kappa shape index (κ2) is 4.53. The Hall–Kier alpha value is -2.69. The molecule has 0 unspecified atom stereocenters. The Morgan fingerprint density at radius 2 is 2.05 bits per heavy atom. The fourth-order valence-corrected chi connectivity index (χ4v) is 2.08. The Morgan fingerprint density at radius 1 is 1.16 bits per heavy atom. The highest BCUT2D eigenvalue weighted by Crippen LogP contribution is 2.29. The lowest BCUT2D eigenvalue weighted by atomic mass is 10.0. The monoisotopic (exact) mass is 253 g/mol. The molecule has 3 aromatic rings. The maximum atomic E-state index is 11.7. The second-order valence-electron chi connectivity index (χ2n) is 3.99. The highest BCUT2D eigenvalue weighted by Gasteiger charge is 2.13. The average Bonchev–Trinajstić information content (AvgIpc) is 2.46. The first-order chi connectivity index (χ1) is 9.31. The van der Waals surface area contributed by atoms with Crippen LogP contribution in [0.3, 0.4) is 0 Å². The van der Waals surface area contributed by atoms with Crippen LogP contribution in [0.5, 0.6) is 5.75 Å². The zero-order valence-electron chi connectivity index (χ0n) is 10.3. The number of aromatic amines is 1. The van der Waals surface area contributed by atoms with Gasteiger partial charge >= 0.3 is 0 Å². The molecule has 19 heavy (non-hydrogen) atoms. The summed E-state index contributed by atoms with van der Waals surface area (Å²) in [4.78, 5) is 22.8. The van der Waals surface area contributed by atoms with Crippen molar-refractivity contribution < 1.29 is 4.74 Å². The van der Waals surface area contributed by atoms with E-state index in [0.29, 0.717) is 5.69 Å². The lowest BCUT2D eigenvalue weighted by Gasteiger charge is -2.08. The molecule has 0 saturated carbocycles. The standard InChI is InChI=1S/C14H11N3O2/c1-19-13-12(16-8-17-14(13)18)10-4-2-6-11-9(10)5-3-7-15-11/h2-8H,1H3,(H,16,17,18). The van der Waals surface area contributed by atoms with E-state index in [1.54, 1.807) is 6.20 Å². The van der Waals surface area contributed by atoms with Crippen molar-refractivity contribution in [1.82, 2.24) is 15.0 Å². The molecule has 0 aliphatic heterocycles. The van der Waals surface area contributed by atoms with Crippen LogP contribution in [0, 0.1) is 0 Å². The molecule has 3 rings (SSSR count). The predicted molar refractivity (Wildman–Crippen MR) is 72.1 cm³/mol. The first-order valence-electron chi connectivity index (χ1n) is 5.77. The quantitative estimate of drug-likeness (QED) is 0.758. The van der Waals surface area contributed by atoms with Crippen LogP contribution in [-0.2, 0) is 0 Å². The molecular weight excluding hydrogens is 242 g/mol. The summed E-state index contributed by atoms with van der Waals surface area (Å²) in [5, 5.41) is 0.932. The molecule has 1 N–H and O–H groups in total. The molecule has 0 amide bonds. The van der Waals surface area contributed by atoms with Crippen molar-refractivity contribution in [2.75, 3.05) is 7.11 Å². The van der Waals surface area contributed by atoms with Crippen LogP contribution in [0.1, 0.15) is 0 Å². The summed E-state index contributed by atoms with van der Waals surface area (Å²) in [6, 6.07) is 9.49. The predicted octanol–water partition coefficient (Wildman–Crippen LogP) is 1.99. The van der Waals surface area contributed by atoms with Gasteiger partial charge in [0.05, 0.1) is 19.0 Å². The molecule has 0 saturated heterocycles. The minimum atomic E-state index is -0.298. The zero-order valence-corrected chi connectivity index (χ0v) is 10.3. The van der Waals surface area contributed by atoms with Crippen molar-refractivity contribution >= 4 is 10.9 Å². The van der Waals surface area contributed by atoms with Gasteiger partial charge in [-0.2, -0.15) is 0 Å². The van der Waals surface area contributed by atoms with E-state index in [4.69, 9.17) is 4.74 Å². The number of nitrogens with zero attached hydrogens (tertiary/aromatic N) is 2. The zero-order chi connectivity index (χ0) is 13.2. The third kappa shape index (κ3) is 1.85. The van der Waals surface area contributed by atoms with Gasteiger partial charge < -0.3 is 9.72 Å². The van der Waals surface area contributed by atoms with Crippen LogP contribution in [-0.4, -0.2) is 22.1 Å². The number of H-pyrrole nitrogens is 1. The molecule has 0 bridgehead atoms. The number of pyridine rings is 1. The van der Waals surface area contributed by atoms with Gasteiger partial charge in [0.25, 0.3) is 5.56 Å². The average molecular weight is 253 g/mol. The van der Waals surface area contributed by atoms with E-state index in [0.717, 1.165) is 16.5 Å². The van der Waals surface area contributed by atoms with Crippen LogP contribution < -0.4 is 10.3 Å². The topological polar surface area (TPSA) is 67.9 Å². The SMILES string of the molecule is COc1c(-c2cccc3ncccc23)nc[nH]c1=O. The fraction of sp³-hybridized carbons (Fsp3) is 0.0714. The molecule has 2 aromatic heterocycles. The van der Waals surface area contributed by atoms with Crippen LogP contribution >= 0.6 is 0 Å². The van der Waals surface area contributed by atoms with Gasteiger partial charge in [0.15, 0.2) is 0 Å². The molecule has 0 atom stereocenters. The largest absolute Gasteiger partial charge is 0.490 e. The Bertz CT molecular complexity index is 791. The Morgan fingerprint density at radius 3 is 2.89 bits per heavy atom. The number of rotatable bonds is 2. The number of hydrogen-bond donors (Lipinski definition) is 1. The Kier molecular flexibility index (Phi) is 2.72. The third-order valence-electron chi connectivity index (χ3n) is 2.92. The third-order valence-corrected chi connectivity index (χ3v) is 2.92. The van der Waals surface area contributed by atoms with Crippen molar-refractivity contribution in [3.8, 4) is 17.0 Å². The molecule has 1 aromatic carbocycles. The molecular formula is C14H11N3O2. The van der Waals surface area contributed by atoms with Gasteiger partial charge in [-0.1, -0.05) is 18.2 Å². The molecule has 0 fully saturated rings. The van der Waals surface area contributed by atoms with E-state index in [2.05, 4.69) is 15.0 Å². The second-order valence-corrected chi connectivity index (χ2v) is 3.99. The fourth-order valence-electron chi connectivity index (χ4n) is 2.08. The van der Waals surface area contributed by atoms with E-state index >= 15 is 0 Å². The van der Waals surface area contributed by atoms with E-state index < -0.39 is 0 Å². The normalized spacial score (nSPS) is 10.6. The molecule has 0 aliphatic rings. The summed E-state index contributed by atoms with van der Waals surface area (Å²) < 4.78 is 5.15. The smallest absolute Gasteiger partial charge is 0.293 e. The van der Waals surface area contributed by atoms with Crippen LogP contribution in [0.4, 0.5) is 0 Å². The van der Waals surface area contributed by atoms with Crippen molar-refractivity contribution in [3.05, 3.63) is 53.2 Å². The highest BCUT2D eigenvalue weighted by atomic mass is 16.5. The van der Waals surface area contributed by atoms with Gasteiger partial charge in [0.2, 0.25) is 5.75 Å². The molecule has 2 heterocycles. The lowest BCUT2D eigenvalue weighted by Crippen LogP contribution is -2.11. The van der Waals surface area contributed by atoms with Crippen molar-refractivity contribution in [2.45, 2.75) is 0 Å². The summed E-state index contributed by atoms with van der Waals surface area (Å²) in [5.74, 6) is 0.207. The number of ether oxygens (including phenoxy) is 1. The number of fused-ring (bicyclic) bond motifs is 1. The summed E-state index contributed by atoms with van der Waals surface area (Å²) in [5.41, 5.74) is 1.90. The number of benzene rings is 1. The molecule has 0 radical (unpaired) electrons. The Balaban J connectivity index is 2.37. The number of aromatic nitrogens is 3. The summed E-state index contributed by atoms with van der Waals surface area (Å²) >= 11 is 0. The number of nitrogens with one attached hydrogen (secondary N) is 1. The minimum absolute atomic E-state index is 0.207. The molecule has 5 nitrogen and oxygen atoms in total. The van der Waals surface area contributed by atoms with Gasteiger partial charge in [-0.25, -0.2) is 4.98 Å². The number of hydrogen-bond acceptors (Lipinski definition) is 4. The van der Waals surface area contributed by atoms with Gasteiger partial charge in [-0.3, -0.25) is 9.78 Å². The van der Waals surface area contributed by atoms with Gasteiger partial charge in [-0.05, 0) is 12.1 Å². The Labute approximate surface area is 108 Å². The van der Waals surface area contributed by atoms with E-state index in [-0.39, 0.29) is 11.3 Å². The lowest BCUT2D eigenvalue weighted by molar-refractivity contribution is 0.408. The maximum absolute atomic E-state index is 11.7. The summed E-state index contributed by atoms with van der Waals surface area (Å²) in [6.07, 6.45) is 3.10. The maximum Gasteiger partial charge on any atom is 0.293 e. The molecule has 94 valence electrons. The summed E-state index contributed by atoms with van der Waals surface area (Å²) in [7, 11) is 1.46. The number of methoxy groups -OCH3 is 1.